The fourth-order valence-corrected chi connectivity index (χ4v) is 5.71. The second-order valence-corrected chi connectivity index (χ2v) is 8.99. The van der Waals surface area contributed by atoms with E-state index >= 15 is 0 Å². The molecule has 9 heteroatoms. The molecule has 0 fully saturated rings. The summed E-state index contributed by atoms with van der Waals surface area (Å²) in [6.45, 7) is 0. The Morgan fingerprint density at radius 1 is 0.394 bits per heavy atom. The molecule has 0 aliphatic rings. The van der Waals surface area contributed by atoms with Crippen LogP contribution in [-0.2, 0) is 10.9 Å². The van der Waals surface area contributed by atoms with Crippen LogP contribution in [0.3, 0.4) is 0 Å². The molecule has 0 N–H and O–H groups in total. The van der Waals surface area contributed by atoms with E-state index in [1.807, 2.05) is 0 Å². The second-order valence-electron chi connectivity index (χ2n) is 5.82. The number of benzene rings is 4. The summed E-state index contributed by atoms with van der Waals surface area (Å²) in [7, 11) is -0.0786. The Morgan fingerprint density at radius 2 is 0.697 bits per heavy atom. The minimum Gasteiger partial charge on any atom is -1.00 e. The van der Waals surface area contributed by atoms with Crippen molar-refractivity contribution in [2.75, 3.05) is 0 Å². The molecule has 0 aliphatic carbocycles. The Labute approximate surface area is 208 Å². The van der Waals surface area contributed by atoms with E-state index in [1.54, 1.807) is 11.8 Å². The normalized spacial score (nSPS) is 8.52. The van der Waals surface area contributed by atoms with Crippen LogP contribution in [0, 0.1) is 0 Å². The van der Waals surface area contributed by atoms with Crippen molar-refractivity contribution in [3.05, 3.63) is 115 Å². The first-order valence-electron chi connectivity index (χ1n) is 8.57. The first kappa shape index (κ1) is 38.0. The summed E-state index contributed by atoms with van der Waals surface area (Å²) in [5.41, 5.74) is 0. The summed E-state index contributed by atoms with van der Waals surface area (Å²) in [5, 5.41) is 0. The van der Waals surface area contributed by atoms with Gasteiger partial charge in [0.15, 0.2) is 14.7 Å². The molecule has 4 aromatic rings. The number of rotatable bonds is 5. The van der Waals surface area contributed by atoms with Crippen LogP contribution in [0.25, 0.3) is 0 Å². The molecule has 0 saturated carbocycles. The van der Waals surface area contributed by atoms with Crippen molar-refractivity contribution >= 4 is 40.6 Å². The number of halogens is 6. The molecular formula is C24H27AsF6S2. The van der Waals surface area contributed by atoms with E-state index in [2.05, 4.69) is 115 Å². The summed E-state index contributed by atoms with van der Waals surface area (Å²) in [4.78, 5) is 6.58. The van der Waals surface area contributed by atoms with Crippen LogP contribution in [0.5, 0.6) is 0 Å². The van der Waals surface area contributed by atoms with Crippen molar-refractivity contribution in [1.29, 1.82) is 0 Å². The van der Waals surface area contributed by atoms with Gasteiger partial charge in [0.05, 0.1) is 10.9 Å². The van der Waals surface area contributed by atoms with Crippen LogP contribution >= 0.6 is 11.8 Å². The zero-order valence-electron chi connectivity index (χ0n) is 17.4. The van der Waals surface area contributed by atoms with Gasteiger partial charge in [0.2, 0.25) is 0 Å². The first-order chi connectivity index (χ1) is 12.9. The maximum absolute atomic E-state index is 2.27. The van der Waals surface area contributed by atoms with Gasteiger partial charge in [-0.2, -0.15) is 0 Å². The quantitative estimate of drug-likeness (QED) is 0.202. The fraction of sp³-hybridized carbons (Fsp3) is 0. The molecule has 1 unspecified atom stereocenters. The van der Waals surface area contributed by atoms with Crippen molar-refractivity contribution in [2.45, 2.75) is 24.5 Å². The standard InChI is InChI=1S/C24H19S2.AsH3.6FH/c1-4-10-20(11-5-1)25-21-16-18-24(19-17-21)26(22-12-6-2-7-13-22)23-14-8-3-9-15-23;;;;;;;/h1-19H;1H3;6*1H/q+1;;;;;;;/p-1. The van der Waals surface area contributed by atoms with Gasteiger partial charge in [-0.1, -0.05) is 66.4 Å². The van der Waals surface area contributed by atoms with Crippen LogP contribution in [0.15, 0.2) is 140 Å². The van der Waals surface area contributed by atoms with Crippen molar-refractivity contribution in [2.24, 2.45) is 0 Å². The molecule has 4 aromatic carbocycles. The summed E-state index contributed by atoms with van der Waals surface area (Å²) in [6, 6.07) is 41.1. The van der Waals surface area contributed by atoms with E-state index in [4.69, 9.17) is 0 Å². The molecule has 1 atom stereocenters. The molecule has 0 amide bonds. The van der Waals surface area contributed by atoms with Crippen molar-refractivity contribution in [3.8, 4) is 0 Å². The zero-order valence-corrected chi connectivity index (χ0v) is 22.0. The third kappa shape index (κ3) is 10.0. The average Bonchev–Trinajstić information content (AvgIpc) is 2.72. The van der Waals surface area contributed by atoms with Crippen molar-refractivity contribution < 1.29 is 28.2 Å². The second kappa shape index (κ2) is 19.2. The minimum absolute atomic E-state index is 0. The molecule has 0 radical (unpaired) electrons. The maximum Gasteiger partial charge on any atom is 0.166 e. The number of hydrogen-bond donors (Lipinski definition) is 0. The third-order valence-corrected chi connectivity index (χ3v) is 7.24. The van der Waals surface area contributed by atoms with E-state index in [1.165, 1.54) is 24.5 Å². The topological polar surface area (TPSA) is 0 Å². The Hall–Kier alpha value is -2.28. The summed E-state index contributed by atoms with van der Waals surface area (Å²) in [6.07, 6.45) is 0. The van der Waals surface area contributed by atoms with Gasteiger partial charge in [-0.25, -0.2) is 0 Å². The van der Waals surface area contributed by atoms with Gasteiger partial charge >= 0.3 is 18.0 Å². The Bertz CT molecular complexity index is 923. The van der Waals surface area contributed by atoms with Crippen molar-refractivity contribution in [1.82, 2.24) is 0 Å². The SMILES string of the molecule is F.F.F.F.F.[AsH3].[F-].c1ccc(Sc2ccc([S+](c3ccccc3)c3ccccc3)cc2)cc1. The smallest absolute Gasteiger partial charge is 0.166 e. The molecule has 0 spiro atoms. The molecule has 0 aliphatic heterocycles. The largest absolute Gasteiger partial charge is 1.00 e. The van der Waals surface area contributed by atoms with Gasteiger partial charge < -0.3 is 4.70 Å². The van der Waals surface area contributed by atoms with Gasteiger partial charge in [0.25, 0.3) is 0 Å². The average molecular weight is 569 g/mol. The van der Waals surface area contributed by atoms with Crippen LogP contribution in [0.4, 0.5) is 23.5 Å². The van der Waals surface area contributed by atoms with E-state index < -0.39 is 0 Å². The van der Waals surface area contributed by atoms with Crippen LogP contribution in [0.2, 0.25) is 0 Å². The van der Waals surface area contributed by atoms with E-state index in [9.17, 15) is 0 Å². The van der Waals surface area contributed by atoms with Crippen LogP contribution in [0.1, 0.15) is 0 Å². The summed E-state index contributed by atoms with van der Waals surface area (Å²) >= 11 is 1.80. The Kier molecular flexibility index (Phi) is 22.1. The Balaban J connectivity index is -0.000000601. The molecule has 4 rings (SSSR count). The van der Waals surface area contributed by atoms with Gasteiger partial charge in [-0.15, -0.1) is 0 Å². The van der Waals surface area contributed by atoms with Crippen LogP contribution in [-0.4, -0.2) is 18.0 Å². The molecule has 0 aromatic heterocycles. The summed E-state index contributed by atoms with van der Waals surface area (Å²) < 4.78 is 0. The molecular weight excluding hydrogens is 541 g/mol. The van der Waals surface area contributed by atoms with Gasteiger partial charge in [0, 0.05) is 9.79 Å². The Morgan fingerprint density at radius 3 is 1.09 bits per heavy atom. The summed E-state index contributed by atoms with van der Waals surface area (Å²) in [5.74, 6) is 0. The molecule has 0 nitrogen and oxygen atoms in total. The van der Waals surface area contributed by atoms with E-state index in [0.717, 1.165) is 0 Å². The van der Waals surface area contributed by atoms with E-state index in [-0.39, 0.29) is 57.1 Å². The first-order valence-corrected chi connectivity index (χ1v) is 10.6. The molecule has 0 heterocycles. The van der Waals surface area contributed by atoms with Crippen LogP contribution < -0.4 is 4.70 Å². The minimum atomic E-state index is -0.0786. The third-order valence-electron chi connectivity index (χ3n) is 4.00. The monoisotopic (exact) mass is 568 g/mol. The van der Waals surface area contributed by atoms with Gasteiger partial charge in [-0.3, -0.25) is 23.5 Å². The molecule has 33 heavy (non-hydrogen) atoms. The van der Waals surface area contributed by atoms with E-state index in [0.29, 0.717) is 0 Å². The van der Waals surface area contributed by atoms with Gasteiger partial charge in [-0.05, 0) is 60.7 Å². The molecule has 0 bridgehead atoms. The van der Waals surface area contributed by atoms with Gasteiger partial charge in [0.1, 0.15) is 0 Å². The predicted octanol–water partition coefficient (Wildman–Crippen LogP) is 3.52. The number of hydrogen-bond acceptors (Lipinski definition) is 1. The zero-order chi connectivity index (χ0) is 17.6. The molecule has 0 saturated heterocycles. The van der Waals surface area contributed by atoms with Crippen molar-refractivity contribution in [3.63, 3.8) is 0 Å². The fourth-order valence-electron chi connectivity index (χ4n) is 2.79. The maximum atomic E-state index is 2.27. The predicted molar refractivity (Wildman–Crippen MR) is 135 cm³/mol. The molecule has 182 valence electrons.